The van der Waals surface area contributed by atoms with E-state index in [0.29, 0.717) is 0 Å². The van der Waals surface area contributed by atoms with Gasteiger partial charge in [0.05, 0.1) is 7.11 Å². The lowest BCUT2D eigenvalue weighted by Crippen LogP contribution is -2.36. The number of benzene rings is 1. The first-order chi connectivity index (χ1) is 7.80. The van der Waals surface area contributed by atoms with Gasteiger partial charge >= 0.3 is 0 Å². The average molecular weight is 219 g/mol. The van der Waals surface area contributed by atoms with Gasteiger partial charge in [-0.2, -0.15) is 0 Å². The molecule has 0 aliphatic heterocycles. The first kappa shape index (κ1) is 13.1. The van der Waals surface area contributed by atoms with Crippen molar-refractivity contribution >= 4 is 12.9 Å². The van der Waals surface area contributed by atoms with Gasteiger partial charge in [-0.15, -0.1) is 0 Å². The molecule has 88 valence electrons. The lowest BCUT2D eigenvalue weighted by Gasteiger charge is -2.20. The van der Waals surface area contributed by atoms with E-state index in [4.69, 9.17) is 4.74 Å². The molecule has 0 aliphatic rings. The van der Waals surface area contributed by atoms with E-state index in [1.807, 2.05) is 12.1 Å². The zero-order chi connectivity index (χ0) is 11.8. The molecule has 1 aromatic rings. The molecule has 1 rings (SSSR count). The molecule has 0 N–H and O–H groups in total. The number of hydrogen-bond acceptors (Lipinski definition) is 2. The normalized spacial score (nSPS) is 10.5. The van der Waals surface area contributed by atoms with Gasteiger partial charge in [-0.1, -0.05) is 31.4 Å². The molecule has 0 unspecified atom stereocenters. The lowest BCUT2D eigenvalue weighted by atomic mass is 9.80. The van der Waals surface area contributed by atoms with Crippen molar-refractivity contribution in [2.24, 2.45) is 0 Å². The van der Waals surface area contributed by atoms with Crippen molar-refractivity contribution in [3.8, 4) is 5.75 Å². The molecular formula is C13H22BNO. The average Bonchev–Trinajstić information content (AvgIpc) is 2.31. The van der Waals surface area contributed by atoms with E-state index in [1.165, 1.54) is 31.4 Å². The van der Waals surface area contributed by atoms with Crippen LogP contribution in [0.25, 0.3) is 0 Å². The fourth-order valence-electron chi connectivity index (χ4n) is 1.89. The molecular weight excluding hydrogens is 197 g/mol. The largest absolute Gasteiger partial charge is 0.497 e. The summed E-state index contributed by atoms with van der Waals surface area (Å²) in [7, 11) is 2.75. The van der Waals surface area contributed by atoms with Gasteiger partial charge in [0.2, 0.25) is 7.41 Å². The molecule has 0 saturated heterocycles. The SMILES string of the molecule is CCCN(Bc1ccc(OC)cc1)CCC. The van der Waals surface area contributed by atoms with E-state index in [1.54, 1.807) is 7.11 Å². The molecule has 0 spiro atoms. The maximum Gasteiger partial charge on any atom is 0.238 e. The second-order valence-corrected chi connectivity index (χ2v) is 4.12. The van der Waals surface area contributed by atoms with Crippen molar-refractivity contribution < 1.29 is 4.74 Å². The molecule has 0 amide bonds. The standard InChI is InChI=1S/C13H22BNO/c1-4-10-15(11-5-2)14-12-6-8-13(16-3)9-7-12/h6-9,14H,4-5,10-11H2,1-3H3. The van der Waals surface area contributed by atoms with Crippen LogP contribution >= 0.6 is 0 Å². The number of nitrogens with zero attached hydrogens (tertiary/aromatic N) is 1. The summed E-state index contributed by atoms with van der Waals surface area (Å²) in [6, 6.07) is 8.37. The third-order valence-electron chi connectivity index (χ3n) is 2.64. The fraction of sp³-hybridized carbons (Fsp3) is 0.538. The van der Waals surface area contributed by atoms with Crippen molar-refractivity contribution in [2.45, 2.75) is 26.7 Å². The van der Waals surface area contributed by atoms with E-state index < -0.39 is 0 Å². The quantitative estimate of drug-likeness (QED) is 0.648. The fourth-order valence-corrected chi connectivity index (χ4v) is 1.89. The Hall–Kier alpha value is -0.955. The van der Waals surface area contributed by atoms with Crippen molar-refractivity contribution in [1.29, 1.82) is 0 Å². The van der Waals surface area contributed by atoms with Crippen LogP contribution in [-0.2, 0) is 0 Å². The highest BCUT2D eigenvalue weighted by Crippen LogP contribution is 2.05. The summed E-state index contributed by atoms with van der Waals surface area (Å²) in [5, 5.41) is 0. The predicted octanol–water partition coefficient (Wildman–Crippen LogP) is 1.79. The molecule has 0 aromatic heterocycles. The van der Waals surface area contributed by atoms with Gasteiger partial charge in [0.25, 0.3) is 0 Å². The smallest absolute Gasteiger partial charge is 0.238 e. The summed E-state index contributed by atoms with van der Waals surface area (Å²) in [6.45, 7) is 6.83. The Morgan fingerprint density at radius 2 is 1.62 bits per heavy atom. The van der Waals surface area contributed by atoms with Crippen molar-refractivity contribution in [3.05, 3.63) is 24.3 Å². The number of hydrogen-bond donors (Lipinski definition) is 0. The minimum absolute atomic E-state index is 0.932. The van der Waals surface area contributed by atoms with Gasteiger partial charge in [-0.05, 0) is 38.1 Å². The third kappa shape index (κ3) is 4.27. The maximum absolute atomic E-state index is 5.16. The first-order valence-corrected chi connectivity index (χ1v) is 6.15. The van der Waals surface area contributed by atoms with Crippen molar-refractivity contribution in [2.75, 3.05) is 20.2 Å². The molecule has 0 saturated carbocycles. The van der Waals surface area contributed by atoms with Crippen LogP contribution in [0.2, 0.25) is 0 Å². The van der Waals surface area contributed by atoms with E-state index in [2.05, 4.69) is 30.8 Å². The van der Waals surface area contributed by atoms with Gasteiger partial charge < -0.3 is 9.55 Å². The Bertz CT molecular complexity index is 280. The third-order valence-corrected chi connectivity index (χ3v) is 2.64. The van der Waals surface area contributed by atoms with Crippen LogP contribution in [0.1, 0.15) is 26.7 Å². The Morgan fingerprint density at radius 1 is 1.06 bits per heavy atom. The Labute approximate surface area is 99.9 Å². The topological polar surface area (TPSA) is 12.5 Å². The van der Waals surface area contributed by atoms with Crippen molar-refractivity contribution in [1.82, 2.24) is 4.81 Å². The van der Waals surface area contributed by atoms with Crippen LogP contribution in [0.5, 0.6) is 5.75 Å². The molecule has 3 heteroatoms. The zero-order valence-electron chi connectivity index (χ0n) is 10.7. The minimum atomic E-state index is 0.932. The monoisotopic (exact) mass is 219 g/mol. The summed E-state index contributed by atoms with van der Waals surface area (Å²) in [6.07, 6.45) is 2.44. The highest BCUT2D eigenvalue weighted by atomic mass is 16.5. The predicted molar refractivity (Wildman–Crippen MR) is 71.9 cm³/mol. The van der Waals surface area contributed by atoms with Crippen LogP contribution in [0, 0.1) is 0 Å². The highest BCUT2D eigenvalue weighted by Gasteiger charge is 2.06. The number of ether oxygens (including phenoxy) is 1. The number of rotatable bonds is 7. The van der Waals surface area contributed by atoms with Crippen LogP contribution in [-0.4, -0.2) is 32.4 Å². The molecule has 0 aliphatic carbocycles. The first-order valence-electron chi connectivity index (χ1n) is 6.15. The van der Waals surface area contributed by atoms with E-state index in [-0.39, 0.29) is 0 Å². The zero-order valence-corrected chi connectivity index (χ0v) is 10.7. The van der Waals surface area contributed by atoms with E-state index in [0.717, 1.165) is 13.2 Å². The van der Waals surface area contributed by atoms with E-state index in [9.17, 15) is 0 Å². The summed E-state index contributed by atoms with van der Waals surface area (Å²) in [4.78, 5) is 2.50. The van der Waals surface area contributed by atoms with E-state index >= 15 is 0 Å². The van der Waals surface area contributed by atoms with Crippen molar-refractivity contribution in [3.63, 3.8) is 0 Å². The highest BCUT2D eigenvalue weighted by molar-refractivity contribution is 6.50. The Morgan fingerprint density at radius 3 is 2.06 bits per heavy atom. The van der Waals surface area contributed by atoms with Gasteiger partial charge in [-0.25, -0.2) is 0 Å². The van der Waals surface area contributed by atoms with Crippen LogP contribution in [0.4, 0.5) is 0 Å². The Kier molecular flexibility index (Phi) is 6.01. The summed E-state index contributed by atoms with van der Waals surface area (Å²) in [5.41, 5.74) is 1.36. The molecule has 0 fully saturated rings. The maximum atomic E-state index is 5.16. The second-order valence-electron chi connectivity index (χ2n) is 4.12. The molecule has 1 aromatic carbocycles. The van der Waals surface area contributed by atoms with Crippen LogP contribution < -0.4 is 10.2 Å². The summed E-state index contributed by atoms with van der Waals surface area (Å²) >= 11 is 0. The molecule has 0 heterocycles. The van der Waals surface area contributed by atoms with Gasteiger partial charge in [0.15, 0.2) is 0 Å². The van der Waals surface area contributed by atoms with Crippen LogP contribution in [0.3, 0.4) is 0 Å². The summed E-state index contributed by atoms with van der Waals surface area (Å²) < 4.78 is 5.16. The second kappa shape index (κ2) is 7.34. The molecule has 2 nitrogen and oxygen atoms in total. The molecule has 0 radical (unpaired) electrons. The molecule has 16 heavy (non-hydrogen) atoms. The lowest BCUT2D eigenvalue weighted by molar-refractivity contribution is 0.415. The van der Waals surface area contributed by atoms with Gasteiger partial charge in [0, 0.05) is 0 Å². The number of methoxy groups -OCH3 is 1. The van der Waals surface area contributed by atoms with Gasteiger partial charge in [-0.3, -0.25) is 0 Å². The summed E-state index contributed by atoms with van der Waals surface area (Å²) in [5.74, 6) is 0.932. The minimum Gasteiger partial charge on any atom is -0.497 e. The Balaban J connectivity index is 2.54. The molecule has 0 bridgehead atoms. The molecule has 0 atom stereocenters. The van der Waals surface area contributed by atoms with Gasteiger partial charge in [0.1, 0.15) is 5.75 Å². The van der Waals surface area contributed by atoms with Crippen LogP contribution in [0.15, 0.2) is 24.3 Å².